The molecule has 0 aliphatic heterocycles. The first-order chi connectivity index (χ1) is 8.10. The zero-order chi connectivity index (χ0) is 12.4. The molecule has 0 fully saturated rings. The van der Waals surface area contributed by atoms with Gasteiger partial charge in [0.25, 0.3) is 0 Å². The van der Waals surface area contributed by atoms with E-state index in [-0.39, 0.29) is 5.95 Å². The van der Waals surface area contributed by atoms with Crippen LogP contribution < -0.4 is 11.1 Å². The van der Waals surface area contributed by atoms with Crippen molar-refractivity contribution in [2.24, 2.45) is 7.05 Å². The van der Waals surface area contributed by atoms with Crippen LogP contribution in [0.5, 0.6) is 0 Å². The average Bonchev–Trinajstić information content (AvgIpc) is 2.64. The molecular weight excluding hydrogens is 216 g/mol. The van der Waals surface area contributed by atoms with E-state index in [0.29, 0.717) is 0 Å². The van der Waals surface area contributed by atoms with E-state index in [2.05, 4.69) is 27.3 Å². The molecule has 0 spiro atoms. The zero-order valence-electron chi connectivity index (χ0n) is 10.2. The minimum Gasteiger partial charge on any atom is -0.368 e. The van der Waals surface area contributed by atoms with Gasteiger partial charge in [0.05, 0.1) is 11.4 Å². The van der Waals surface area contributed by atoms with Crippen molar-refractivity contribution in [2.75, 3.05) is 11.1 Å². The molecule has 0 bridgehead atoms. The number of nitrogens with one attached hydrogen (secondary N) is 1. The largest absolute Gasteiger partial charge is 0.368 e. The number of aromatic nitrogens is 4. The molecule has 0 amide bonds. The minimum absolute atomic E-state index is 0.264. The van der Waals surface area contributed by atoms with E-state index >= 15 is 0 Å². The highest BCUT2D eigenvalue weighted by Gasteiger charge is 2.08. The second kappa shape index (κ2) is 4.40. The molecule has 0 saturated carbocycles. The number of nitrogens with two attached hydrogens (primary N) is 1. The van der Waals surface area contributed by atoms with Crippen LogP contribution in [-0.4, -0.2) is 19.7 Å². The van der Waals surface area contributed by atoms with E-state index in [4.69, 9.17) is 5.73 Å². The Kier molecular flexibility index (Phi) is 2.95. The first-order valence-electron chi connectivity index (χ1n) is 5.48. The van der Waals surface area contributed by atoms with Crippen LogP contribution in [-0.2, 0) is 13.5 Å². The third kappa shape index (κ3) is 2.35. The Balaban J connectivity index is 2.33. The van der Waals surface area contributed by atoms with Gasteiger partial charge in [-0.3, -0.25) is 4.68 Å². The summed E-state index contributed by atoms with van der Waals surface area (Å²) in [7, 11) is 1.89. The van der Waals surface area contributed by atoms with Gasteiger partial charge in [0.15, 0.2) is 0 Å². The molecule has 2 aromatic rings. The average molecular weight is 232 g/mol. The number of anilines is 3. The predicted octanol–water partition coefficient (Wildman–Crippen LogP) is 1.41. The van der Waals surface area contributed by atoms with Crippen molar-refractivity contribution in [3.05, 3.63) is 23.7 Å². The normalized spacial score (nSPS) is 10.5. The molecule has 6 nitrogen and oxygen atoms in total. The van der Waals surface area contributed by atoms with Crippen LogP contribution in [0.3, 0.4) is 0 Å². The molecule has 17 heavy (non-hydrogen) atoms. The van der Waals surface area contributed by atoms with Crippen LogP contribution in [0.2, 0.25) is 0 Å². The molecule has 2 aromatic heterocycles. The van der Waals surface area contributed by atoms with Gasteiger partial charge in [-0.1, -0.05) is 6.92 Å². The lowest BCUT2D eigenvalue weighted by molar-refractivity contribution is 0.746. The number of hydrogen-bond acceptors (Lipinski definition) is 5. The van der Waals surface area contributed by atoms with Crippen molar-refractivity contribution in [1.82, 2.24) is 19.7 Å². The summed E-state index contributed by atoms with van der Waals surface area (Å²) >= 11 is 0. The summed E-state index contributed by atoms with van der Waals surface area (Å²) in [5.74, 6) is 0.986. The van der Waals surface area contributed by atoms with E-state index in [0.717, 1.165) is 29.2 Å². The number of aryl methyl sites for hydroxylation is 3. The molecule has 0 aliphatic carbocycles. The van der Waals surface area contributed by atoms with Crippen molar-refractivity contribution in [3.63, 3.8) is 0 Å². The summed E-state index contributed by atoms with van der Waals surface area (Å²) in [6, 6.07) is 0. The van der Waals surface area contributed by atoms with E-state index in [1.54, 1.807) is 10.9 Å². The molecule has 90 valence electrons. The quantitative estimate of drug-likeness (QED) is 0.836. The summed E-state index contributed by atoms with van der Waals surface area (Å²) in [5.41, 5.74) is 8.48. The fourth-order valence-electron chi connectivity index (χ4n) is 1.61. The molecular formula is C11H16N6. The number of rotatable bonds is 3. The molecule has 0 aliphatic rings. The monoisotopic (exact) mass is 232 g/mol. The number of nitrogen functional groups attached to an aromatic ring is 1. The van der Waals surface area contributed by atoms with Crippen molar-refractivity contribution in [2.45, 2.75) is 20.3 Å². The zero-order valence-corrected chi connectivity index (χ0v) is 10.2. The van der Waals surface area contributed by atoms with E-state index < -0.39 is 0 Å². The smallest absolute Gasteiger partial charge is 0.221 e. The summed E-state index contributed by atoms with van der Waals surface area (Å²) in [6.45, 7) is 4.00. The lowest BCUT2D eigenvalue weighted by Crippen LogP contribution is -2.02. The summed E-state index contributed by atoms with van der Waals surface area (Å²) in [5, 5.41) is 7.60. The third-order valence-corrected chi connectivity index (χ3v) is 2.48. The molecule has 0 atom stereocenters. The first kappa shape index (κ1) is 11.4. The van der Waals surface area contributed by atoms with Gasteiger partial charge < -0.3 is 11.1 Å². The lowest BCUT2D eigenvalue weighted by Gasteiger charge is -2.07. The highest BCUT2D eigenvalue weighted by Crippen LogP contribution is 2.21. The molecule has 2 heterocycles. The standard InChI is InChI=1S/C11H16N6/c1-4-8-9(6-17(3)16-8)14-10-7(2)5-13-11(12)15-10/h5-6H,4H2,1-3H3,(H3,12,13,14,15). The SMILES string of the molecule is CCc1nn(C)cc1Nc1nc(N)ncc1C. The fourth-order valence-corrected chi connectivity index (χ4v) is 1.61. The van der Waals surface area contributed by atoms with Gasteiger partial charge in [0, 0.05) is 25.0 Å². The minimum atomic E-state index is 0.264. The van der Waals surface area contributed by atoms with Crippen molar-refractivity contribution < 1.29 is 0 Å². The van der Waals surface area contributed by atoms with Crippen LogP contribution in [0.15, 0.2) is 12.4 Å². The highest BCUT2D eigenvalue weighted by molar-refractivity contribution is 5.61. The van der Waals surface area contributed by atoms with Gasteiger partial charge >= 0.3 is 0 Å². The molecule has 0 aromatic carbocycles. The molecule has 6 heteroatoms. The molecule has 0 unspecified atom stereocenters. The summed E-state index contributed by atoms with van der Waals surface area (Å²) < 4.78 is 1.78. The Hall–Kier alpha value is -2.11. The summed E-state index contributed by atoms with van der Waals surface area (Å²) in [6.07, 6.45) is 4.49. The second-order valence-corrected chi connectivity index (χ2v) is 3.90. The van der Waals surface area contributed by atoms with E-state index in [1.807, 2.05) is 20.2 Å². The van der Waals surface area contributed by atoms with Crippen LogP contribution in [0.4, 0.5) is 17.5 Å². The topological polar surface area (TPSA) is 81.7 Å². The number of hydrogen-bond donors (Lipinski definition) is 2. The van der Waals surface area contributed by atoms with Crippen molar-refractivity contribution in [1.29, 1.82) is 0 Å². The summed E-state index contributed by atoms with van der Waals surface area (Å²) in [4.78, 5) is 8.11. The maximum absolute atomic E-state index is 5.57. The maximum atomic E-state index is 5.57. The van der Waals surface area contributed by atoms with Gasteiger partial charge in [-0.05, 0) is 13.3 Å². The Labute approximate surface area is 99.9 Å². The van der Waals surface area contributed by atoms with Crippen molar-refractivity contribution in [3.8, 4) is 0 Å². The van der Waals surface area contributed by atoms with E-state index in [9.17, 15) is 0 Å². The van der Waals surface area contributed by atoms with Gasteiger partial charge in [-0.15, -0.1) is 0 Å². The fraction of sp³-hybridized carbons (Fsp3) is 0.364. The molecule has 0 radical (unpaired) electrons. The van der Waals surface area contributed by atoms with E-state index in [1.165, 1.54) is 0 Å². The van der Waals surface area contributed by atoms with Gasteiger partial charge in [0.1, 0.15) is 5.82 Å². The Morgan fingerprint density at radius 3 is 2.94 bits per heavy atom. The van der Waals surface area contributed by atoms with Crippen molar-refractivity contribution >= 4 is 17.5 Å². The highest BCUT2D eigenvalue weighted by atomic mass is 15.3. The Bertz CT molecular complexity index is 531. The molecule has 3 N–H and O–H groups in total. The van der Waals surface area contributed by atoms with Crippen LogP contribution in [0.25, 0.3) is 0 Å². The predicted molar refractivity (Wildman–Crippen MR) is 67.1 cm³/mol. The van der Waals surface area contributed by atoms with Crippen LogP contribution in [0, 0.1) is 6.92 Å². The second-order valence-electron chi connectivity index (χ2n) is 3.90. The van der Waals surface area contributed by atoms with Crippen LogP contribution >= 0.6 is 0 Å². The third-order valence-electron chi connectivity index (χ3n) is 2.48. The van der Waals surface area contributed by atoms with Gasteiger partial charge in [0.2, 0.25) is 5.95 Å². The Morgan fingerprint density at radius 1 is 1.47 bits per heavy atom. The van der Waals surface area contributed by atoms with Gasteiger partial charge in [-0.2, -0.15) is 10.1 Å². The maximum Gasteiger partial charge on any atom is 0.221 e. The van der Waals surface area contributed by atoms with Gasteiger partial charge in [-0.25, -0.2) is 4.98 Å². The number of nitrogens with zero attached hydrogens (tertiary/aromatic N) is 4. The first-order valence-corrected chi connectivity index (χ1v) is 5.48. The van der Waals surface area contributed by atoms with Crippen LogP contribution in [0.1, 0.15) is 18.2 Å². The molecule has 0 saturated heterocycles. The lowest BCUT2D eigenvalue weighted by atomic mass is 10.3. The molecule has 2 rings (SSSR count). The Morgan fingerprint density at radius 2 is 2.24 bits per heavy atom.